The molecule has 1 amide bonds. The first-order valence-electron chi connectivity index (χ1n) is 11.0. The van der Waals surface area contributed by atoms with Gasteiger partial charge < -0.3 is 5.32 Å². The topological polar surface area (TPSA) is 76.9 Å². The molecule has 6 nitrogen and oxygen atoms in total. The van der Waals surface area contributed by atoms with Gasteiger partial charge in [-0.05, 0) is 62.4 Å². The summed E-state index contributed by atoms with van der Waals surface area (Å²) in [7, 11) is 0. The number of nitrogens with one attached hydrogen (secondary N) is 1. The van der Waals surface area contributed by atoms with Crippen LogP contribution in [0.5, 0.6) is 0 Å². The number of aryl methyl sites for hydroxylation is 1. The van der Waals surface area contributed by atoms with Gasteiger partial charge >= 0.3 is 6.18 Å². The van der Waals surface area contributed by atoms with E-state index in [1.165, 1.54) is 34.2 Å². The molecule has 0 saturated carbocycles. The van der Waals surface area contributed by atoms with Crippen molar-refractivity contribution in [3.05, 3.63) is 99.0 Å². The molecule has 1 N–H and O–H groups in total. The van der Waals surface area contributed by atoms with Gasteiger partial charge in [0.15, 0.2) is 0 Å². The Morgan fingerprint density at radius 3 is 2.47 bits per heavy atom. The van der Waals surface area contributed by atoms with Gasteiger partial charge in [-0.15, -0.1) is 11.3 Å². The maximum absolute atomic E-state index is 13.4. The van der Waals surface area contributed by atoms with Crippen molar-refractivity contribution in [2.24, 2.45) is 0 Å². The lowest BCUT2D eigenvalue weighted by Crippen LogP contribution is -2.27. The molecule has 0 radical (unpaired) electrons. The van der Waals surface area contributed by atoms with Crippen molar-refractivity contribution in [1.29, 1.82) is 0 Å². The third-order valence-electron chi connectivity index (χ3n) is 5.81. The number of pyridine rings is 3. The van der Waals surface area contributed by atoms with Crippen LogP contribution in [0.15, 0.2) is 71.8 Å². The van der Waals surface area contributed by atoms with Crippen molar-refractivity contribution in [1.82, 2.24) is 19.9 Å². The van der Waals surface area contributed by atoms with Crippen LogP contribution in [0.25, 0.3) is 26.8 Å². The summed E-state index contributed by atoms with van der Waals surface area (Å²) in [4.78, 5) is 36.0. The van der Waals surface area contributed by atoms with E-state index in [4.69, 9.17) is 0 Å². The highest BCUT2D eigenvalue weighted by atomic mass is 32.1. The standard InChI is InChI=1S/C26H19F3N4O2S/c1-14-11-20-22(36-14)19-12-16(24(34)32-15(2)21-5-3-4-10-30-21)13-31-23(19)33(25(20)35)18-8-6-17(7-9-18)26(27,28)29/h3-13,15H,1-2H3,(H,32,34)/t15-/m0/s1. The number of alkyl halides is 3. The van der Waals surface area contributed by atoms with Crippen molar-refractivity contribution in [3.63, 3.8) is 0 Å². The molecule has 0 aliphatic rings. The summed E-state index contributed by atoms with van der Waals surface area (Å²) in [5.74, 6) is -0.365. The zero-order valence-electron chi connectivity index (χ0n) is 19.1. The van der Waals surface area contributed by atoms with E-state index in [0.717, 1.165) is 17.0 Å². The Labute approximate surface area is 207 Å². The summed E-state index contributed by atoms with van der Waals surface area (Å²) in [5, 5.41) is 3.86. The van der Waals surface area contributed by atoms with Gasteiger partial charge in [0.25, 0.3) is 11.5 Å². The number of rotatable bonds is 4. The number of nitrogens with zero attached hydrogens (tertiary/aromatic N) is 3. The quantitative estimate of drug-likeness (QED) is 0.332. The van der Waals surface area contributed by atoms with Crippen LogP contribution in [0.3, 0.4) is 0 Å². The van der Waals surface area contributed by atoms with Crippen molar-refractivity contribution < 1.29 is 18.0 Å². The number of benzene rings is 1. The summed E-state index contributed by atoms with van der Waals surface area (Å²) < 4.78 is 41.1. The molecule has 5 aromatic rings. The summed E-state index contributed by atoms with van der Waals surface area (Å²) in [6, 6.07) is 12.8. The van der Waals surface area contributed by atoms with Crippen molar-refractivity contribution in [2.45, 2.75) is 26.1 Å². The summed E-state index contributed by atoms with van der Waals surface area (Å²) in [6.45, 7) is 3.68. The molecule has 4 heterocycles. The zero-order valence-corrected chi connectivity index (χ0v) is 19.9. The van der Waals surface area contributed by atoms with Crippen molar-refractivity contribution >= 4 is 38.4 Å². The first-order valence-corrected chi connectivity index (χ1v) is 11.8. The van der Waals surface area contributed by atoms with E-state index in [1.54, 1.807) is 24.4 Å². The van der Waals surface area contributed by atoms with Gasteiger partial charge in [0.05, 0.1) is 38.6 Å². The van der Waals surface area contributed by atoms with Gasteiger partial charge in [0.1, 0.15) is 5.65 Å². The van der Waals surface area contributed by atoms with Crippen LogP contribution < -0.4 is 10.9 Å². The van der Waals surface area contributed by atoms with Gasteiger partial charge in [-0.25, -0.2) is 4.98 Å². The molecule has 5 rings (SSSR count). The lowest BCUT2D eigenvalue weighted by Gasteiger charge is -2.15. The molecule has 36 heavy (non-hydrogen) atoms. The first kappa shape index (κ1) is 23.7. The minimum Gasteiger partial charge on any atom is -0.344 e. The molecule has 0 saturated heterocycles. The number of carbonyl (C=O) groups is 1. The number of aromatic nitrogens is 3. The molecule has 0 unspecified atom stereocenters. The Kier molecular flexibility index (Phi) is 5.83. The number of fused-ring (bicyclic) bond motifs is 3. The van der Waals surface area contributed by atoms with E-state index in [9.17, 15) is 22.8 Å². The summed E-state index contributed by atoms with van der Waals surface area (Å²) in [6.07, 6.45) is -1.49. The van der Waals surface area contributed by atoms with Crippen LogP contribution in [-0.2, 0) is 6.18 Å². The second-order valence-electron chi connectivity index (χ2n) is 8.33. The van der Waals surface area contributed by atoms with Crippen molar-refractivity contribution in [3.8, 4) is 5.69 Å². The highest BCUT2D eigenvalue weighted by molar-refractivity contribution is 7.20. The summed E-state index contributed by atoms with van der Waals surface area (Å²) >= 11 is 1.39. The molecule has 182 valence electrons. The van der Waals surface area contributed by atoms with Gasteiger partial charge in [-0.1, -0.05) is 6.07 Å². The van der Waals surface area contributed by atoms with Crippen LogP contribution in [0.4, 0.5) is 13.2 Å². The molecule has 0 aliphatic carbocycles. The molecule has 0 spiro atoms. The van der Waals surface area contributed by atoms with E-state index in [-0.39, 0.29) is 28.8 Å². The van der Waals surface area contributed by atoms with Crippen LogP contribution in [0, 0.1) is 6.92 Å². The Morgan fingerprint density at radius 2 is 1.81 bits per heavy atom. The maximum Gasteiger partial charge on any atom is 0.416 e. The van der Waals surface area contributed by atoms with Crippen LogP contribution in [0.2, 0.25) is 0 Å². The third-order valence-corrected chi connectivity index (χ3v) is 6.89. The Balaban J connectivity index is 1.63. The van der Waals surface area contributed by atoms with E-state index < -0.39 is 17.3 Å². The monoisotopic (exact) mass is 508 g/mol. The molecule has 4 aromatic heterocycles. The van der Waals surface area contributed by atoms with E-state index >= 15 is 0 Å². The van der Waals surface area contributed by atoms with E-state index in [2.05, 4.69) is 15.3 Å². The maximum atomic E-state index is 13.4. The zero-order chi connectivity index (χ0) is 25.6. The molecular weight excluding hydrogens is 489 g/mol. The minimum atomic E-state index is -4.49. The second-order valence-corrected chi connectivity index (χ2v) is 9.59. The fraction of sp³-hybridized carbons (Fsp3) is 0.154. The Hall–Kier alpha value is -4.05. The highest BCUT2D eigenvalue weighted by Crippen LogP contribution is 2.33. The van der Waals surface area contributed by atoms with Crippen LogP contribution in [-0.4, -0.2) is 20.4 Å². The number of hydrogen-bond donors (Lipinski definition) is 1. The lowest BCUT2D eigenvalue weighted by atomic mass is 10.1. The van der Waals surface area contributed by atoms with Gasteiger partial charge in [-0.2, -0.15) is 13.2 Å². The Bertz CT molecular complexity index is 1660. The normalized spacial score (nSPS) is 12.7. The first-order chi connectivity index (χ1) is 17.1. The van der Waals surface area contributed by atoms with Crippen LogP contribution >= 0.6 is 11.3 Å². The van der Waals surface area contributed by atoms with Crippen LogP contribution in [0.1, 0.15) is 39.5 Å². The Morgan fingerprint density at radius 1 is 1.06 bits per heavy atom. The molecule has 0 aliphatic heterocycles. The molecule has 1 aromatic carbocycles. The number of thiophene rings is 1. The number of halogens is 3. The number of carbonyl (C=O) groups excluding carboxylic acids is 1. The minimum absolute atomic E-state index is 0.247. The molecular formula is C26H19F3N4O2S. The van der Waals surface area contributed by atoms with E-state index in [1.807, 2.05) is 26.0 Å². The number of hydrogen-bond acceptors (Lipinski definition) is 5. The predicted molar refractivity (Wildman–Crippen MR) is 133 cm³/mol. The lowest BCUT2D eigenvalue weighted by molar-refractivity contribution is -0.137. The van der Waals surface area contributed by atoms with Gasteiger partial charge in [0, 0.05) is 22.7 Å². The number of amides is 1. The smallest absolute Gasteiger partial charge is 0.344 e. The average molecular weight is 509 g/mol. The third kappa shape index (κ3) is 4.24. The summed E-state index contributed by atoms with van der Waals surface area (Å²) in [5.41, 5.74) is 0.281. The fourth-order valence-corrected chi connectivity index (χ4v) is 5.06. The van der Waals surface area contributed by atoms with Gasteiger partial charge in [-0.3, -0.25) is 19.1 Å². The molecule has 0 bridgehead atoms. The largest absolute Gasteiger partial charge is 0.416 e. The average Bonchev–Trinajstić information content (AvgIpc) is 3.26. The second kappa shape index (κ2) is 8.87. The molecule has 10 heteroatoms. The highest BCUT2D eigenvalue weighted by Gasteiger charge is 2.30. The van der Waals surface area contributed by atoms with Gasteiger partial charge in [0.2, 0.25) is 0 Å². The SMILES string of the molecule is Cc1cc2c(=O)n(-c3ccc(C(F)(F)F)cc3)c3ncc(C(=O)N[C@@H](C)c4ccccn4)cc3c2s1. The molecule has 0 fully saturated rings. The predicted octanol–water partition coefficient (Wildman–Crippen LogP) is 5.81. The van der Waals surface area contributed by atoms with Crippen molar-refractivity contribution in [2.75, 3.05) is 0 Å². The fourth-order valence-electron chi connectivity index (χ4n) is 4.04. The molecule has 1 atom stereocenters. The van der Waals surface area contributed by atoms with E-state index in [0.29, 0.717) is 21.2 Å².